The molecule has 0 unspecified atom stereocenters. The minimum Gasteiger partial charge on any atom is -0.497 e. The lowest BCUT2D eigenvalue weighted by Crippen LogP contribution is -2.46. The fourth-order valence-electron chi connectivity index (χ4n) is 3.96. The van der Waals surface area contributed by atoms with Crippen LogP contribution in [0.5, 0.6) is 5.75 Å². The molecule has 1 aliphatic heterocycles. The summed E-state index contributed by atoms with van der Waals surface area (Å²) in [5, 5.41) is 0. The van der Waals surface area contributed by atoms with E-state index in [0.717, 1.165) is 10.1 Å². The summed E-state index contributed by atoms with van der Waals surface area (Å²) in [6.45, 7) is 1.30. The number of halogens is 1. The Kier molecular flexibility index (Phi) is 7.95. The maximum Gasteiger partial charge on any atom is 0.340 e. The fraction of sp³-hybridized carbons (Fsp3) is 0.308. The summed E-state index contributed by atoms with van der Waals surface area (Å²) in [6.07, 6.45) is -1.70. The summed E-state index contributed by atoms with van der Waals surface area (Å²) in [4.78, 5) is 50.1. The second-order valence-corrected chi connectivity index (χ2v) is 8.34. The van der Waals surface area contributed by atoms with E-state index in [4.69, 9.17) is 18.9 Å². The van der Waals surface area contributed by atoms with Crippen LogP contribution in [0.2, 0.25) is 0 Å². The predicted molar refractivity (Wildman–Crippen MR) is 128 cm³/mol. The number of methoxy groups -OCH3 is 1. The van der Waals surface area contributed by atoms with Gasteiger partial charge in [0.2, 0.25) is 5.82 Å². The Balaban J connectivity index is 1.63. The Hall–Kier alpha value is -4.09. The minimum absolute atomic E-state index is 0.0127. The topological polar surface area (TPSA) is 115 Å². The van der Waals surface area contributed by atoms with Crippen molar-refractivity contribution < 1.29 is 32.9 Å². The number of hydrogen-bond acceptors (Lipinski definition) is 8. The molecule has 10 nitrogen and oxygen atoms in total. The van der Waals surface area contributed by atoms with Crippen LogP contribution < -0.4 is 16.0 Å². The number of nitrogens with zero attached hydrogens (tertiary/aromatic N) is 2. The average Bonchev–Trinajstić information content (AvgIpc) is 3.31. The second-order valence-electron chi connectivity index (χ2n) is 8.34. The first kappa shape index (κ1) is 26.0. The summed E-state index contributed by atoms with van der Waals surface area (Å²) in [7, 11) is 1.44. The molecule has 194 valence electrons. The van der Waals surface area contributed by atoms with Crippen molar-refractivity contribution in [3.63, 3.8) is 0 Å². The van der Waals surface area contributed by atoms with Crippen molar-refractivity contribution in [1.29, 1.82) is 0 Å². The maximum atomic E-state index is 14.7. The molecule has 0 bridgehead atoms. The smallest absolute Gasteiger partial charge is 0.340 e. The van der Waals surface area contributed by atoms with E-state index >= 15 is 0 Å². The van der Waals surface area contributed by atoms with Gasteiger partial charge in [-0.1, -0.05) is 30.3 Å². The van der Waals surface area contributed by atoms with Gasteiger partial charge in [-0.2, -0.15) is 8.96 Å². The molecule has 1 aliphatic rings. The highest BCUT2D eigenvalue weighted by Crippen LogP contribution is 2.31. The second kappa shape index (κ2) is 11.3. The zero-order valence-corrected chi connectivity index (χ0v) is 20.2. The third kappa shape index (κ3) is 5.84. The van der Waals surface area contributed by atoms with E-state index in [1.54, 1.807) is 0 Å². The van der Waals surface area contributed by atoms with E-state index in [-0.39, 0.29) is 29.8 Å². The molecule has 37 heavy (non-hydrogen) atoms. The van der Waals surface area contributed by atoms with Crippen molar-refractivity contribution in [2.24, 2.45) is 0 Å². The molecule has 0 saturated carbocycles. The van der Waals surface area contributed by atoms with Crippen LogP contribution in [0.4, 0.5) is 4.39 Å². The van der Waals surface area contributed by atoms with E-state index in [1.165, 1.54) is 38.3 Å². The molecule has 0 aliphatic carbocycles. The lowest BCUT2D eigenvalue weighted by atomic mass is 10.1. The van der Waals surface area contributed by atoms with Gasteiger partial charge < -0.3 is 18.9 Å². The first-order chi connectivity index (χ1) is 17.8. The summed E-state index contributed by atoms with van der Waals surface area (Å²) >= 11 is 0. The van der Waals surface area contributed by atoms with Crippen molar-refractivity contribution in [1.82, 2.24) is 9.13 Å². The van der Waals surface area contributed by atoms with Crippen molar-refractivity contribution in [3.8, 4) is 5.75 Å². The standard InChI is InChI=1S/C26H25FN2O8/c1-16(30)35-15-22-21(36-14-17-6-4-3-5-7-17)12-23(37-22)28-13-20(27)25(32)29(26(28)33)24(31)18-8-10-19(34-2)11-9-18/h3-11,13,21-23H,12,14-15H2,1-2H3/t21-,22+,23+/m0/s1. The molecule has 0 spiro atoms. The number of benzene rings is 2. The monoisotopic (exact) mass is 512 g/mol. The van der Waals surface area contributed by atoms with E-state index < -0.39 is 47.4 Å². The van der Waals surface area contributed by atoms with Gasteiger partial charge >= 0.3 is 11.7 Å². The number of hydrogen-bond donors (Lipinski definition) is 0. The molecular weight excluding hydrogens is 487 g/mol. The number of carbonyl (C=O) groups excluding carboxylic acids is 2. The molecule has 11 heteroatoms. The molecule has 1 fully saturated rings. The van der Waals surface area contributed by atoms with Crippen LogP contribution >= 0.6 is 0 Å². The largest absolute Gasteiger partial charge is 0.497 e. The third-order valence-electron chi connectivity index (χ3n) is 5.86. The lowest BCUT2D eigenvalue weighted by Gasteiger charge is -2.18. The van der Waals surface area contributed by atoms with Gasteiger partial charge in [-0.05, 0) is 29.8 Å². The highest BCUT2D eigenvalue weighted by Gasteiger charge is 2.39. The Morgan fingerprint density at radius 1 is 1.08 bits per heavy atom. The zero-order valence-electron chi connectivity index (χ0n) is 20.2. The first-order valence-electron chi connectivity index (χ1n) is 11.4. The van der Waals surface area contributed by atoms with E-state index in [0.29, 0.717) is 11.9 Å². The van der Waals surface area contributed by atoms with E-state index in [1.807, 2.05) is 30.3 Å². The molecule has 3 aromatic rings. The van der Waals surface area contributed by atoms with Gasteiger partial charge in [0.1, 0.15) is 24.7 Å². The van der Waals surface area contributed by atoms with Gasteiger partial charge in [0, 0.05) is 18.9 Å². The van der Waals surface area contributed by atoms with E-state index in [9.17, 15) is 23.6 Å². The van der Waals surface area contributed by atoms with Gasteiger partial charge in [0.05, 0.1) is 26.0 Å². The summed E-state index contributed by atoms with van der Waals surface area (Å²) in [5.41, 5.74) is -1.58. The van der Waals surface area contributed by atoms with Crippen LogP contribution in [0, 0.1) is 5.82 Å². The van der Waals surface area contributed by atoms with Crippen LogP contribution in [-0.2, 0) is 25.6 Å². The van der Waals surface area contributed by atoms with Crippen molar-refractivity contribution in [3.05, 3.63) is 98.6 Å². The molecule has 3 atom stereocenters. The van der Waals surface area contributed by atoms with E-state index in [2.05, 4.69) is 0 Å². The minimum atomic E-state index is -1.38. The number of rotatable bonds is 8. The van der Waals surface area contributed by atoms with Crippen LogP contribution in [0.3, 0.4) is 0 Å². The normalized spacial score (nSPS) is 18.9. The molecule has 1 saturated heterocycles. The summed E-state index contributed by atoms with van der Waals surface area (Å²) in [6, 6.07) is 15.0. The fourth-order valence-corrected chi connectivity index (χ4v) is 3.96. The van der Waals surface area contributed by atoms with Gasteiger partial charge in [-0.15, -0.1) is 0 Å². The van der Waals surface area contributed by atoms with Gasteiger partial charge in [0.15, 0.2) is 0 Å². The van der Waals surface area contributed by atoms with Gasteiger partial charge in [0.25, 0.3) is 11.5 Å². The maximum absolute atomic E-state index is 14.7. The predicted octanol–water partition coefficient (Wildman–Crippen LogP) is 2.28. The highest BCUT2D eigenvalue weighted by atomic mass is 19.1. The lowest BCUT2D eigenvalue weighted by molar-refractivity contribution is -0.148. The molecular formula is C26H25FN2O8. The Bertz CT molecular complexity index is 1380. The molecule has 2 heterocycles. The molecule has 1 aromatic heterocycles. The number of carbonyl (C=O) groups is 2. The number of esters is 1. The van der Waals surface area contributed by atoms with Crippen molar-refractivity contribution >= 4 is 11.9 Å². The van der Waals surface area contributed by atoms with Crippen LogP contribution in [0.15, 0.2) is 70.4 Å². The summed E-state index contributed by atoms with van der Waals surface area (Å²) < 4.78 is 37.7. The zero-order chi connectivity index (χ0) is 26.5. The van der Waals surface area contributed by atoms with Crippen molar-refractivity contribution in [2.45, 2.75) is 38.4 Å². The summed E-state index contributed by atoms with van der Waals surface area (Å²) in [5.74, 6) is -2.39. The number of ether oxygens (including phenoxy) is 4. The van der Waals surface area contributed by atoms with Gasteiger partial charge in [-0.3, -0.25) is 19.0 Å². The molecule has 0 N–H and O–H groups in total. The molecule has 0 amide bonds. The van der Waals surface area contributed by atoms with Crippen molar-refractivity contribution in [2.75, 3.05) is 13.7 Å². The van der Waals surface area contributed by atoms with Gasteiger partial charge in [-0.25, -0.2) is 4.79 Å². The van der Waals surface area contributed by atoms with Crippen LogP contribution in [0.1, 0.15) is 35.5 Å². The number of aromatic nitrogens is 2. The average molecular weight is 512 g/mol. The highest BCUT2D eigenvalue weighted by molar-refractivity contribution is 5.95. The molecule has 4 rings (SSSR count). The molecule has 2 aromatic carbocycles. The SMILES string of the molecule is COc1ccc(C(=O)n2c(=O)c(F)cn([C@H]3C[C@H](OCc4ccccc4)[C@@H](COC(C)=O)O3)c2=O)cc1. The Morgan fingerprint density at radius 2 is 1.78 bits per heavy atom. The molecule has 0 radical (unpaired) electrons. The van der Waals surface area contributed by atoms with Crippen LogP contribution in [-0.4, -0.2) is 46.9 Å². The third-order valence-corrected chi connectivity index (χ3v) is 5.86. The Labute approximate surface area is 210 Å². The first-order valence-corrected chi connectivity index (χ1v) is 11.4. The quantitative estimate of drug-likeness (QED) is 0.423. The Morgan fingerprint density at radius 3 is 2.43 bits per heavy atom. The van der Waals surface area contributed by atoms with Crippen LogP contribution in [0.25, 0.3) is 0 Å².